The molecule has 0 saturated heterocycles. The molecule has 3 aromatic heterocycles. The summed E-state index contributed by atoms with van der Waals surface area (Å²) in [6.07, 6.45) is 4.05. The highest BCUT2D eigenvalue weighted by atomic mass is 16.5. The molecule has 0 saturated carbocycles. The lowest BCUT2D eigenvalue weighted by molar-refractivity contribution is 0.271. The smallest absolute Gasteiger partial charge is 0.261 e. The van der Waals surface area contributed by atoms with Crippen molar-refractivity contribution in [3.05, 3.63) is 58.4 Å². The van der Waals surface area contributed by atoms with Crippen LogP contribution in [0.15, 0.2) is 41.5 Å². The van der Waals surface area contributed by atoms with E-state index in [2.05, 4.69) is 15.1 Å². The number of aliphatic hydroxyl groups is 1. The topological polar surface area (TPSA) is 104 Å². The van der Waals surface area contributed by atoms with Crippen molar-refractivity contribution in [1.29, 1.82) is 0 Å². The van der Waals surface area contributed by atoms with Crippen LogP contribution in [0.25, 0.3) is 16.7 Å². The first-order valence-electron chi connectivity index (χ1n) is 8.96. The second-order valence-corrected chi connectivity index (χ2v) is 6.54. The molecule has 1 aromatic carbocycles. The number of hydrogen-bond acceptors (Lipinski definition) is 7. The molecule has 1 aliphatic rings. The summed E-state index contributed by atoms with van der Waals surface area (Å²) in [7, 11) is 0. The van der Waals surface area contributed by atoms with Gasteiger partial charge in [-0.15, -0.1) is 5.10 Å². The number of benzene rings is 1. The van der Waals surface area contributed by atoms with Gasteiger partial charge in [-0.1, -0.05) is 6.07 Å². The quantitative estimate of drug-likeness (QED) is 0.569. The van der Waals surface area contributed by atoms with Crippen LogP contribution >= 0.6 is 0 Å². The largest absolute Gasteiger partial charge is 0.490 e. The second-order valence-electron chi connectivity index (χ2n) is 6.54. The minimum Gasteiger partial charge on any atom is -0.490 e. The van der Waals surface area contributed by atoms with Gasteiger partial charge in [-0.05, 0) is 23.8 Å². The average molecular weight is 379 g/mol. The van der Waals surface area contributed by atoms with Crippen molar-refractivity contribution in [2.24, 2.45) is 0 Å². The van der Waals surface area contributed by atoms with Gasteiger partial charge in [-0.2, -0.15) is 9.50 Å². The number of aromatic nitrogens is 5. The zero-order chi connectivity index (χ0) is 19.1. The molecule has 1 N–H and O–H groups in total. The number of aliphatic hydroxyl groups excluding tert-OH is 1. The van der Waals surface area contributed by atoms with E-state index in [0.29, 0.717) is 42.2 Å². The highest BCUT2D eigenvalue weighted by Crippen LogP contribution is 2.30. The fourth-order valence-corrected chi connectivity index (χ4v) is 3.30. The van der Waals surface area contributed by atoms with Crippen LogP contribution in [0.2, 0.25) is 0 Å². The number of ether oxygens (including phenoxy) is 2. The summed E-state index contributed by atoms with van der Waals surface area (Å²) in [6.45, 7) is 1.36. The highest BCUT2D eigenvalue weighted by Gasteiger charge is 2.13. The Kier molecular flexibility index (Phi) is 3.94. The Labute approximate surface area is 158 Å². The van der Waals surface area contributed by atoms with Crippen molar-refractivity contribution in [1.82, 2.24) is 24.1 Å². The van der Waals surface area contributed by atoms with Gasteiger partial charge in [0.05, 0.1) is 30.7 Å². The Morgan fingerprint density at radius 3 is 2.86 bits per heavy atom. The number of nitrogens with zero attached hydrogens (tertiary/aromatic N) is 5. The first-order valence-corrected chi connectivity index (χ1v) is 8.96. The third-order valence-corrected chi connectivity index (χ3v) is 4.66. The third kappa shape index (κ3) is 2.76. The molecule has 4 heterocycles. The molecule has 28 heavy (non-hydrogen) atoms. The first kappa shape index (κ1) is 16.7. The van der Waals surface area contributed by atoms with E-state index < -0.39 is 0 Å². The van der Waals surface area contributed by atoms with Crippen molar-refractivity contribution in [3.63, 3.8) is 0 Å². The Morgan fingerprint density at radius 2 is 2.00 bits per heavy atom. The molecule has 5 rings (SSSR count). The van der Waals surface area contributed by atoms with E-state index >= 15 is 0 Å². The maximum Gasteiger partial charge on any atom is 0.261 e. The molecule has 0 aliphatic carbocycles. The van der Waals surface area contributed by atoms with E-state index in [-0.39, 0.29) is 18.0 Å². The maximum absolute atomic E-state index is 13.0. The Hall–Kier alpha value is -3.46. The fourth-order valence-electron chi connectivity index (χ4n) is 3.30. The minimum absolute atomic E-state index is 0.181. The van der Waals surface area contributed by atoms with Crippen molar-refractivity contribution in [2.75, 3.05) is 13.2 Å². The zero-order valence-corrected chi connectivity index (χ0v) is 14.9. The average Bonchev–Trinajstić information content (AvgIpc) is 3.01. The number of rotatable bonds is 3. The van der Waals surface area contributed by atoms with Gasteiger partial charge in [0, 0.05) is 18.8 Å². The van der Waals surface area contributed by atoms with Gasteiger partial charge in [-0.3, -0.25) is 4.79 Å². The maximum atomic E-state index is 13.0. The van der Waals surface area contributed by atoms with Gasteiger partial charge in [0.1, 0.15) is 6.61 Å². The summed E-state index contributed by atoms with van der Waals surface area (Å²) < 4.78 is 14.5. The number of fused-ring (bicyclic) bond motifs is 4. The normalized spacial score (nSPS) is 13.8. The summed E-state index contributed by atoms with van der Waals surface area (Å²) in [5.41, 5.74) is 1.35. The number of pyridine rings is 1. The van der Waals surface area contributed by atoms with Crippen molar-refractivity contribution >= 4 is 16.7 Å². The molecule has 9 heteroatoms. The fraction of sp³-hybridized carbons (Fsp3) is 0.263. The lowest BCUT2D eigenvalue weighted by atomic mass is 10.2. The summed E-state index contributed by atoms with van der Waals surface area (Å²) in [5.74, 6) is 2.03. The molecular formula is C19H17N5O4. The predicted molar refractivity (Wildman–Crippen MR) is 99.6 cm³/mol. The van der Waals surface area contributed by atoms with Gasteiger partial charge < -0.3 is 19.1 Å². The van der Waals surface area contributed by atoms with Gasteiger partial charge in [0.25, 0.3) is 11.3 Å². The molecule has 0 bridgehead atoms. The molecule has 142 valence electrons. The molecule has 0 fully saturated rings. The van der Waals surface area contributed by atoms with E-state index in [9.17, 15) is 9.90 Å². The SMILES string of the molecule is O=c1c2cnc3nc(CO)nn3c2ccn1Cc1ccc2c(c1)OCCCO2. The Bertz CT molecular complexity index is 1250. The molecule has 0 spiro atoms. The second kappa shape index (κ2) is 6.61. The van der Waals surface area contributed by atoms with Crippen LogP contribution in [-0.2, 0) is 13.2 Å². The van der Waals surface area contributed by atoms with Crippen LogP contribution in [0, 0.1) is 0 Å². The molecule has 0 amide bonds. The van der Waals surface area contributed by atoms with Crippen molar-refractivity contribution in [2.45, 2.75) is 19.6 Å². The van der Waals surface area contributed by atoms with E-state index in [1.54, 1.807) is 16.8 Å². The monoisotopic (exact) mass is 379 g/mol. The van der Waals surface area contributed by atoms with Gasteiger partial charge >= 0.3 is 0 Å². The number of hydrogen-bond donors (Lipinski definition) is 1. The summed E-state index contributed by atoms with van der Waals surface area (Å²) in [6, 6.07) is 7.50. The van der Waals surface area contributed by atoms with Crippen molar-refractivity contribution in [3.8, 4) is 11.5 Å². The molecule has 0 atom stereocenters. The van der Waals surface area contributed by atoms with Gasteiger partial charge in [0.15, 0.2) is 17.3 Å². The van der Waals surface area contributed by atoms with E-state index in [1.165, 1.54) is 10.7 Å². The van der Waals surface area contributed by atoms with Gasteiger partial charge in [0.2, 0.25) is 0 Å². The first-order chi connectivity index (χ1) is 13.7. The molecular weight excluding hydrogens is 362 g/mol. The predicted octanol–water partition coefficient (Wildman–Crippen LogP) is 1.14. The lowest BCUT2D eigenvalue weighted by Gasteiger charge is -2.11. The third-order valence-electron chi connectivity index (χ3n) is 4.66. The van der Waals surface area contributed by atoms with Crippen LogP contribution in [0.1, 0.15) is 17.8 Å². The van der Waals surface area contributed by atoms with E-state index in [0.717, 1.165) is 17.7 Å². The van der Waals surface area contributed by atoms with Gasteiger partial charge in [-0.25, -0.2) is 4.98 Å². The highest BCUT2D eigenvalue weighted by molar-refractivity contribution is 5.78. The van der Waals surface area contributed by atoms with Crippen molar-refractivity contribution < 1.29 is 14.6 Å². The lowest BCUT2D eigenvalue weighted by Crippen LogP contribution is -2.21. The summed E-state index contributed by atoms with van der Waals surface area (Å²) in [5, 5.41) is 13.8. The van der Waals surface area contributed by atoms with Crippen LogP contribution in [-0.4, -0.2) is 42.5 Å². The van der Waals surface area contributed by atoms with Crippen LogP contribution < -0.4 is 15.0 Å². The Balaban J connectivity index is 1.54. The van der Waals surface area contributed by atoms with E-state index in [1.807, 2.05) is 18.2 Å². The molecule has 1 aliphatic heterocycles. The molecule has 0 radical (unpaired) electrons. The summed E-state index contributed by atoms with van der Waals surface area (Å²) >= 11 is 0. The summed E-state index contributed by atoms with van der Waals surface area (Å²) in [4.78, 5) is 21.2. The Morgan fingerprint density at radius 1 is 1.14 bits per heavy atom. The zero-order valence-electron chi connectivity index (χ0n) is 14.9. The van der Waals surface area contributed by atoms with Crippen LogP contribution in [0.3, 0.4) is 0 Å². The molecule has 9 nitrogen and oxygen atoms in total. The molecule has 0 unspecified atom stereocenters. The van der Waals surface area contributed by atoms with E-state index in [4.69, 9.17) is 9.47 Å². The molecule has 4 aromatic rings. The van der Waals surface area contributed by atoms with Crippen LogP contribution in [0.5, 0.6) is 11.5 Å². The minimum atomic E-state index is -0.286. The standard InChI is InChI=1S/C19H17N5O4/c25-11-17-21-19-20-9-13-14(24(19)22-17)4-5-23(18(13)26)10-12-2-3-15-16(8-12)28-7-1-6-27-15/h2-5,8-9,25H,1,6-7,10-11H2. The van der Waals surface area contributed by atoms with Crippen LogP contribution in [0.4, 0.5) is 0 Å².